The molecule has 0 saturated heterocycles. The molecule has 0 N–H and O–H groups in total. The third kappa shape index (κ3) is 7.16. The van der Waals surface area contributed by atoms with Crippen LogP contribution in [0.1, 0.15) is 130 Å². The van der Waals surface area contributed by atoms with Gasteiger partial charge in [0.05, 0.1) is 0 Å². The highest BCUT2D eigenvalue weighted by Gasteiger charge is 2.36. The predicted molar refractivity (Wildman–Crippen MR) is 198 cm³/mol. The molecule has 1 atom stereocenters. The van der Waals surface area contributed by atoms with Gasteiger partial charge in [0.15, 0.2) is 0 Å². The first-order chi connectivity index (χ1) is 21.4. The summed E-state index contributed by atoms with van der Waals surface area (Å²) < 4.78 is 0. The molecule has 0 bridgehead atoms. The van der Waals surface area contributed by atoms with Gasteiger partial charge >= 0.3 is 0 Å². The molecule has 4 aliphatic carbocycles. The van der Waals surface area contributed by atoms with E-state index in [2.05, 4.69) is 123 Å². The Kier molecular flexibility index (Phi) is 8.91. The van der Waals surface area contributed by atoms with Crippen LogP contribution in [-0.2, 0) is 12.8 Å². The number of hydrogen-bond donors (Lipinski definition) is 0. The minimum Gasteiger partial charge on any atom is -0.0998 e. The van der Waals surface area contributed by atoms with Crippen LogP contribution in [0.2, 0.25) is 0 Å². The molecule has 2 saturated carbocycles. The lowest BCUT2D eigenvalue weighted by Crippen LogP contribution is -2.16. The Labute approximate surface area is 274 Å². The second kappa shape index (κ2) is 12.6. The fourth-order valence-electron chi connectivity index (χ4n) is 8.14. The molecule has 4 aliphatic rings. The van der Waals surface area contributed by atoms with Gasteiger partial charge in [-0.1, -0.05) is 107 Å². The van der Waals surface area contributed by atoms with Gasteiger partial charge in [0.2, 0.25) is 0 Å². The van der Waals surface area contributed by atoms with Gasteiger partial charge in [-0.3, -0.25) is 0 Å². The maximum Gasteiger partial charge on any atom is 0.000174 e. The van der Waals surface area contributed by atoms with Gasteiger partial charge in [0, 0.05) is 5.92 Å². The van der Waals surface area contributed by atoms with E-state index in [4.69, 9.17) is 0 Å². The maximum atomic E-state index is 4.28. The molecule has 3 aromatic rings. The van der Waals surface area contributed by atoms with Gasteiger partial charge in [0.1, 0.15) is 0 Å². The van der Waals surface area contributed by atoms with Crippen molar-refractivity contribution < 1.29 is 0 Å². The van der Waals surface area contributed by atoms with E-state index in [1.165, 1.54) is 94.2 Å². The lowest BCUT2D eigenvalue weighted by atomic mass is 9.75. The molecule has 0 aliphatic heterocycles. The highest BCUT2D eigenvalue weighted by Crippen LogP contribution is 2.51. The summed E-state index contributed by atoms with van der Waals surface area (Å²) in [5, 5.41) is 0. The predicted octanol–water partition coefficient (Wildman–Crippen LogP) is 13.0. The van der Waals surface area contributed by atoms with Gasteiger partial charge < -0.3 is 0 Å². The van der Waals surface area contributed by atoms with Crippen LogP contribution >= 0.6 is 0 Å². The summed E-state index contributed by atoms with van der Waals surface area (Å²) in [7, 11) is 0. The lowest BCUT2D eigenvalue weighted by molar-refractivity contribution is 0.287. The van der Waals surface area contributed by atoms with Crippen LogP contribution in [-0.4, -0.2) is 0 Å². The summed E-state index contributed by atoms with van der Waals surface area (Å²) in [5.74, 6) is 3.38. The Morgan fingerprint density at radius 3 is 2.02 bits per heavy atom. The molecule has 7 rings (SSSR count). The van der Waals surface area contributed by atoms with Crippen molar-refractivity contribution in [2.45, 2.75) is 113 Å². The van der Waals surface area contributed by atoms with Gasteiger partial charge in [-0.2, -0.15) is 0 Å². The molecule has 3 aromatic carbocycles. The fourth-order valence-corrected chi connectivity index (χ4v) is 8.14. The molecular formula is C45H56. The van der Waals surface area contributed by atoms with Crippen molar-refractivity contribution in [1.82, 2.24) is 0 Å². The minimum atomic E-state index is 0.500. The highest BCUT2D eigenvalue weighted by molar-refractivity contribution is 5.94. The summed E-state index contributed by atoms with van der Waals surface area (Å²) in [6, 6.07) is 19.0. The number of rotatable bonds is 6. The Morgan fingerprint density at radius 2 is 1.42 bits per heavy atom. The zero-order valence-electron chi connectivity index (χ0n) is 29.4. The molecule has 0 aromatic heterocycles. The van der Waals surface area contributed by atoms with Crippen LogP contribution in [0.3, 0.4) is 0 Å². The lowest BCUT2D eigenvalue weighted by Gasteiger charge is -2.30. The van der Waals surface area contributed by atoms with E-state index >= 15 is 0 Å². The summed E-state index contributed by atoms with van der Waals surface area (Å²) in [5.41, 5.74) is 19.2. The number of hydrogen-bond acceptors (Lipinski definition) is 0. The second-order valence-corrected chi connectivity index (χ2v) is 16.6. The van der Waals surface area contributed by atoms with Crippen LogP contribution < -0.4 is 0 Å². The molecule has 0 nitrogen and oxygen atoms in total. The fraction of sp³-hybridized carbons (Fsp3) is 0.467. The van der Waals surface area contributed by atoms with E-state index < -0.39 is 0 Å². The number of aryl methyl sites for hydroxylation is 2. The third-order valence-corrected chi connectivity index (χ3v) is 10.5. The second-order valence-electron chi connectivity index (χ2n) is 16.6. The number of benzene rings is 3. The quantitative estimate of drug-likeness (QED) is 0.248. The van der Waals surface area contributed by atoms with E-state index in [1.807, 2.05) is 0 Å². The van der Waals surface area contributed by atoms with Crippen molar-refractivity contribution >= 4 is 17.2 Å². The van der Waals surface area contributed by atoms with Gasteiger partial charge in [-0.05, 0) is 163 Å². The topological polar surface area (TPSA) is 0 Å². The third-order valence-electron chi connectivity index (χ3n) is 10.5. The Balaban J connectivity index is 0.000000664. The Hall–Kier alpha value is -3.12. The SMILES string of the molecule is C=C(C)Cc1c(C)cc2c(c1-c1ccc(C)cc1)CC(c1ccc3c(c1)C(C1CCC(C4CC4)CC1)=CC3C)=C2.CC(C)(C)C. The van der Waals surface area contributed by atoms with Crippen LogP contribution in [0, 0.1) is 37.0 Å². The Morgan fingerprint density at radius 1 is 0.822 bits per heavy atom. The molecule has 1 unspecified atom stereocenters. The average molecular weight is 597 g/mol. The summed E-state index contributed by atoms with van der Waals surface area (Å²) in [4.78, 5) is 0. The smallest absolute Gasteiger partial charge is 0.000174 e. The van der Waals surface area contributed by atoms with Crippen LogP contribution in [0.4, 0.5) is 0 Å². The molecular weight excluding hydrogens is 540 g/mol. The zero-order valence-corrected chi connectivity index (χ0v) is 29.4. The molecule has 2 fully saturated rings. The normalized spacial score (nSPS) is 22.2. The summed E-state index contributed by atoms with van der Waals surface area (Å²) >= 11 is 0. The van der Waals surface area contributed by atoms with Crippen molar-refractivity contribution in [2.24, 2.45) is 23.2 Å². The largest absolute Gasteiger partial charge is 0.0998 e. The van der Waals surface area contributed by atoms with E-state index in [0.717, 1.165) is 30.6 Å². The van der Waals surface area contributed by atoms with Crippen molar-refractivity contribution in [2.75, 3.05) is 0 Å². The standard InChI is InChI=1S/C40H44.C5H12/c1-24(2)18-36-26(4)19-34-21-33(23-38(34)40(36)31-8-6-25(3)7-9-31)32-16-17-35-27(5)20-37(39(35)22-32)30-14-12-29(13-15-30)28-10-11-28;1-5(2,3)4/h6-9,16-17,19-22,27-30H,1,10-15,18,23H2,2-5H3;1-4H3. The van der Waals surface area contributed by atoms with Crippen molar-refractivity contribution in [1.29, 1.82) is 0 Å². The van der Waals surface area contributed by atoms with Crippen LogP contribution in [0.25, 0.3) is 28.3 Å². The van der Waals surface area contributed by atoms with Crippen LogP contribution in [0.5, 0.6) is 0 Å². The maximum absolute atomic E-state index is 4.28. The molecule has 0 spiro atoms. The Bertz CT molecular complexity index is 1630. The van der Waals surface area contributed by atoms with Crippen molar-refractivity contribution in [3.63, 3.8) is 0 Å². The number of fused-ring (bicyclic) bond motifs is 2. The molecule has 0 heteroatoms. The van der Waals surface area contributed by atoms with E-state index in [9.17, 15) is 0 Å². The minimum absolute atomic E-state index is 0.500. The number of allylic oxidation sites excluding steroid dienone is 4. The monoisotopic (exact) mass is 596 g/mol. The molecule has 236 valence electrons. The molecule has 45 heavy (non-hydrogen) atoms. The van der Waals surface area contributed by atoms with E-state index in [-0.39, 0.29) is 0 Å². The van der Waals surface area contributed by atoms with Crippen LogP contribution in [0.15, 0.2) is 66.8 Å². The first-order valence-corrected chi connectivity index (χ1v) is 17.8. The first-order valence-electron chi connectivity index (χ1n) is 17.8. The van der Waals surface area contributed by atoms with Gasteiger partial charge in [-0.25, -0.2) is 0 Å². The molecule has 0 radical (unpaired) electrons. The molecule has 0 amide bonds. The average Bonchev–Trinajstić information content (AvgIpc) is 3.67. The van der Waals surface area contributed by atoms with Crippen molar-refractivity contribution in [3.05, 3.63) is 111 Å². The zero-order chi connectivity index (χ0) is 32.0. The van der Waals surface area contributed by atoms with Crippen molar-refractivity contribution in [3.8, 4) is 11.1 Å². The van der Waals surface area contributed by atoms with Gasteiger partial charge in [-0.15, -0.1) is 0 Å². The van der Waals surface area contributed by atoms with Gasteiger partial charge in [0.25, 0.3) is 0 Å². The summed E-state index contributed by atoms with van der Waals surface area (Å²) in [6.07, 6.45) is 15.7. The van der Waals surface area contributed by atoms with E-state index in [1.54, 1.807) is 16.7 Å². The first kappa shape index (κ1) is 31.8. The van der Waals surface area contributed by atoms with E-state index in [0.29, 0.717) is 11.3 Å². The summed E-state index contributed by atoms with van der Waals surface area (Å²) in [6.45, 7) is 22.0. The highest BCUT2D eigenvalue weighted by atomic mass is 14.4. The molecule has 0 heterocycles.